The van der Waals surface area contributed by atoms with Gasteiger partial charge in [-0.1, -0.05) is 11.3 Å². The van der Waals surface area contributed by atoms with Gasteiger partial charge in [-0.15, -0.1) is 5.10 Å². The lowest BCUT2D eigenvalue weighted by atomic mass is 9.91. The highest BCUT2D eigenvalue weighted by molar-refractivity contribution is 5.14. The second kappa shape index (κ2) is 5.89. The van der Waals surface area contributed by atoms with E-state index in [0.29, 0.717) is 31.7 Å². The summed E-state index contributed by atoms with van der Waals surface area (Å²) in [6.07, 6.45) is -2.13. The average Bonchev–Trinajstić information content (AvgIpc) is 2.97. The molecule has 0 aromatic carbocycles. The molecule has 2 aromatic rings. The summed E-state index contributed by atoms with van der Waals surface area (Å²) in [7, 11) is 0. The normalized spacial score (nSPS) is 18.1. The smallest absolute Gasteiger partial charge is 0.383 e. The number of alkyl halides is 3. The summed E-state index contributed by atoms with van der Waals surface area (Å²) in [5.74, 6) is 0. The van der Waals surface area contributed by atoms with Crippen molar-refractivity contribution in [3.8, 4) is 0 Å². The molecule has 124 valence electrons. The molecule has 0 spiro atoms. The van der Waals surface area contributed by atoms with E-state index in [4.69, 9.17) is 4.74 Å². The fourth-order valence-corrected chi connectivity index (χ4v) is 2.45. The minimum atomic E-state index is -4.49. The Morgan fingerprint density at radius 2 is 2.00 bits per heavy atom. The van der Waals surface area contributed by atoms with Crippen LogP contribution in [0.15, 0.2) is 24.4 Å². The Kier molecular flexibility index (Phi) is 4.07. The van der Waals surface area contributed by atoms with Gasteiger partial charge in [0.2, 0.25) is 0 Å². The molecule has 0 saturated carbocycles. The molecule has 6 nitrogen and oxygen atoms in total. The lowest BCUT2D eigenvalue weighted by Crippen LogP contribution is -2.33. The molecule has 3 rings (SSSR count). The van der Waals surface area contributed by atoms with Crippen LogP contribution in [0.2, 0.25) is 0 Å². The van der Waals surface area contributed by atoms with Gasteiger partial charge in [0.05, 0.1) is 18.4 Å². The molecule has 23 heavy (non-hydrogen) atoms. The quantitative estimate of drug-likeness (QED) is 0.929. The van der Waals surface area contributed by atoms with Crippen molar-refractivity contribution < 1.29 is 23.0 Å². The van der Waals surface area contributed by atoms with Crippen LogP contribution in [0.1, 0.15) is 29.9 Å². The number of halogens is 3. The van der Waals surface area contributed by atoms with Crippen LogP contribution in [0.4, 0.5) is 13.2 Å². The van der Waals surface area contributed by atoms with Crippen LogP contribution >= 0.6 is 0 Å². The van der Waals surface area contributed by atoms with E-state index in [1.165, 1.54) is 23.0 Å². The van der Waals surface area contributed by atoms with Crippen molar-refractivity contribution in [2.45, 2.75) is 31.2 Å². The highest BCUT2D eigenvalue weighted by Crippen LogP contribution is 2.30. The number of pyridine rings is 1. The van der Waals surface area contributed by atoms with Gasteiger partial charge in [-0.05, 0) is 12.1 Å². The standard InChI is InChI=1S/C14H15F3N4O2/c15-14(16,17)11-3-1-2-10(18-11)8-21-9-12(19-20-21)13(22)4-6-23-7-5-13/h1-3,9,22H,4-8H2. The molecule has 3 heterocycles. The Morgan fingerprint density at radius 3 is 2.70 bits per heavy atom. The first-order valence-electron chi connectivity index (χ1n) is 7.11. The maximum atomic E-state index is 12.7. The van der Waals surface area contributed by atoms with E-state index in [9.17, 15) is 18.3 Å². The van der Waals surface area contributed by atoms with Gasteiger partial charge in [0, 0.05) is 26.1 Å². The van der Waals surface area contributed by atoms with Gasteiger partial charge in [-0.3, -0.25) is 0 Å². The van der Waals surface area contributed by atoms with Crippen molar-refractivity contribution in [2.75, 3.05) is 13.2 Å². The second-order valence-corrected chi connectivity index (χ2v) is 5.46. The van der Waals surface area contributed by atoms with E-state index < -0.39 is 17.5 Å². The first-order chi connectivity index (χ1) is 10.9. The summed E-state index contributed by atoms with van der Waals surface area (Å²) in [6.45, 7) is 0.903. The number of nitrogens with zero attached hydrogens (tertiary/aromatic N) is 4. The zero-order chi connectivity index (χ0) is 16.5. The molecule has 2 aromatic heterocycles. The van der Waals surface area contributed by atoms with Crippen LogP contribution in [-0.2, 0) is 23.1 Å². The van der Waals surface area contributed by atoms with Gasteiger partial charge in [-0.25, -0.2) is 9.67 Å². The Morgan fingerprint density at radius 1 is 1.26 bits per heavy atom. The summed E-state index contributed by atoms with van der Waals surface area (Å²) in [4.78, 5) is 3.58. The van der Waals surface area contributed by atoms with Crippen LogP contribution in [-0.4, -0.2) is 38.3 Å². The van der Waals surface area contributed by atoms with Gasteiger partial charge in [0.1, 0.15) is 17.0 Å². The van der Waals surface area contributed by atoms with Gasteiger partial charge < -0.3 is 9.84 Å². The third-order valence-corrected chi connectivity index (χ3v) is 3.76. The SMILES string of the molecule is OC1(c2cn(Cc3cccc(C(F)(F)F)n3)nn2)CCOCC1. The summed E-state index contributed by atoms with van der Waals surface area (Å²) in [6, 6.07) is 3.70. The number of hydrogen-bond donors (Lipinski definition) is 1. The minimum Gasteiger partial charge on any atom is -0.383 e. The van der Waals surface area contributed by atoms with E-state index >= 15 is 0 Å². The molecule has 0 atom stereocenters. The van der Waals surface area contributed by atoms with E-state index in [1.807, 2.05) is 0 Å². The third kappa shape index (κ3) is 3.50. The van der Waals surface area contributed by atoms with E-state index in [2.05, 4.69) is 15.3 Å². The summed E-state index contributed by atoms with van der Waals surface area (Å²) < 4.78 is 44.6. The van der Waals surface area contributed by atoms with Gasteiger partial charge in [-0.2, -0.15) is 13.2 Å². The number of ether oxygens (including phenoxy) is 1. The molecule has 9 heteroatoms. The fraction of sp³-hybridized carbons (Fsp3) is 0.500. The number of hydrogen-bond acceptors (Lipinski definition) is 5. The maximum absolute atomic E-state index is 12.7. The van der Waals surface area contributed by atoms with Crippen molar-refractivity contribution >= 4 is 0 Å². The fourth-order valence-electron chi connectivity index (χ4n) is 2.45. The Balaban J connectivity index is 1.77. The minimum absolute atomic E-state index is 0.0451. The van der Waals surface area contributed by atoms with Crippen LogP contribution in [0.25, 0.3) is 0 Å². The molecule has 0 aliphatic carbocycles. The molecule has 1 aliphatic heterocycles. The molecule has 0 amide bonds. The van der Waals surface area contributed by atoms with E-state index in [1.54, 1.807) is 0 Å². The highest BCUT2D eigenvalue weighted by atomic mass is 19.4. The predicted molar refractivity (Wildman–Crippen MR) is 72.3 cm³/mol. The first-order valence-corrected chi connectivity index (χ1v) is 7.11. The summed E-state index contributed by atoms with van der Waals surface area (Å²) in [5, 5.41) is 18.3. The van der Waals surface area contributed by atoms with Crippen molar-refractivity contribution in [3.05, 3.63) is 41.5 Å². The van der Waals surface area contributed by atoms with Crippen molar-refractivity contribution in [3.63, 3.8) is 0 Å². The Labute approximate surface area is 129 Å². The molecular formula is C14H15F3N4O2. The molecular weight excluding hydrogens is 313 g/mol. The van der Waals surface area contributed by atoms with Crippen molar-refractivity contribution in [2.24, 2.45) is 0 Å². The molecule has 0 bridgehead atoms. The van der Waals surface area contributed by atoms with E-state index in [0.717, 1.165) is 6.07 Å². The molecule has 1 N–H and O–H groups in total. The lowest BCUT2D eigenvalue weighted by Gasteiger charge is -2.29. The van der Waals surface area contributed by atoms with Gasteiger partial charge in [0.25, 0.3) is 0 Å². The Hall–Kier alpha value is -2.00. The van der Waals surface area contributed by atoms with Crippen LogP contribution in [0.5, 0.6) is 0 Å². The third-order valence-electron chi connectivity index (χ3n) is 3.76. The molecule has 1 saturated heterocycles. The molecule has 1 fully saturated rings. The molecule has 0 radical (unpaired) electrons. The van der Waals surface area contributed by atoms with Crippen molar-refractivity contribution in [1.29, 1.82) is 0 Å². The summed E-state index contributed by atoms with van der Waals surface area (Å²) >= 11 is 0. The number of aliphatic hydroxyl groups is 1. The van der Waals surface area contributed by atoms with Crippen LogP contribution in [0, 0.1) is 0 Å². The van der Waals surface area contributed by atoms with Crippen LogP contribution in [0.3, 0.4) is 0 Å². The average molecular weight is 328 g/mol. The van der Waals surface area contributed by atoms with Crippen LogP contribution < -0.4 is 0 Å². The van der Waals surface area contributed by atoms with Gasteiger partial charge in [0.15, 0.2) is 0 Å². The highest BCUT2D eigenvalue weighted by Gasteiger charge is 2.35. The Bertz CT molecular complexity index is 681. The first kappa shape index (κ1) is 15.9. The zero-order valence-corrected chi connectivity index (χ0v) is 12.1. The monoisotopic (exact) mass is 328 g/mol. The number of rotatable bonds is 3. The second-order valence-electron chi connectivity index (χ2n) is 5.46. The number of aromatic nitrogens is 4. The molecule has 1 aliphatic rings. The molecule has 0 unspecified atom stereocenters. The lowest BCUT2D eigenvalue weighted by molar-refractivity contribution is -0.141. The summed E-state index contributed by atoms with van der Waals surface area (Å²) in [5.41, 5.74) is -1.43. The predicted octanol–water partition coefficient (Wildman–Crippen LogP) is 1.74. The van der Waals surface area contributed by atoms with Gasteiger partial charge >= 0.3 is 6.18 Å². The zero-order valence-electron chi connectivity index (χ0n) is 12.1. The van der Waals surface area contributed by atoms with E-state index in [-0.39, 0.29) is 12.2 Å². The largest absolute Gasteiger partial charge is 0.433 e. The maximum Gasteiger partial charge on any atom is 0.433 e. The van der Waals surface area contributed by atoms with Crippen molar-refractivity contribution in [1.82, 2.24) is 20.0 Å². The topological polar surface area (TPSA) is 73.1 Å².